The van der Waals surface area contributed by atoms with E-state index in [1.807, 2.05) is 6.07 Å². The smallest absolute Gasteiger partial charge is 0.269 e. The van der Waals surface area contributed by atoms with E-state index in [-0.39, 0.29) is 17.0 Å². The maximum atomic E-state index is 13.2. The molecule has 168 valence electrons. The number of anilines is 1. The third kappa shape index (κ3) is 4.75. The molecule has 0 unspecified atom stereocenters. The Balaban J connectivity index is 1.79. The van der Waals surface area contributed by atoms with Crippen molar-refractivity contribution >= 4 is 34.9 Å². The quantitative estimate of drug-likeness (QED) is 0.322. The molecule has 0 fully saturated rings. The van der Waals surface area contributed by atoms with Crippen LogP contribution >= 0.6 is 11.6 Å². The van der Waals surface area contributed by atoms with Crippen LogP contribution in [0.2, 0.25) is 5.02 Å². The van der Waals surface area contributed by atoms with E-state index in [0.717, 1.165) is 6.08 Å². The summed E-state index contributed by atoms with van der Waals surface area (Å²) in [6.45, 7) is 0. The molecular formula is C25H17ClN4O4. The lowest BCUT2D eigenvalue weighted by molar-refractivity contribution is -0.112. The number of benzene rings is 2. The van der Waals surface area contributed by atoms with E-state index in [1.165, 1.54) is 17.7 Å². The van der Waals surface area contributed by atoms with Gasteiger partial charge in [0.25, 0.3) is 11.5 Å². The van der Waals surface area contributed by atoms with E-state index in [9.17, 15) is 14.9 Å². The van der Waals surface area contributed by atoms with E-state index >= 15 is 0 Å². The second kappa shape index (κ2) is 9.90. The van der Waals surface area contributed by atoms with Gasteiger partial charge in [-0.1, -0.05) is 29.8 Å². The average Bonchev–Trinajstić information content (AvgIpc) is 2.85. The molecule has 2 heterocycles. The summed E-state index contributed by atoms with van der Waals surface area (Å²) in [4.78, 5) is 30.5. The van der Waals surface area contributed by atoms with Crippen LogP contribution in [-0.2, 0) is 4.79 Å². The number of nitrogens with zero attached hydrogens (tertiary/aromatic N) is 3. The SMILES string of the molecule is COc1ccccc1NC(=O)/C(C#N)=C/c1c(Oc2ccc(Cl)cc2)nc2ccccn2c1=O. The summed E-state index contributed by atoms with van der Waals surface area (Å²) in [5.74, 6) is 0.0221. The number of halogens is 1. The van der Waals surface area contributed by atoms with Gasteiger partial charge in [0.1, 0.15) is 34.4 Å². The molecule has 2 aromatic carbocycles. The van der Waals surface area contributed by atoms with Crippen molar-refractivity contribution in [2.45, 2.75) is 0 Å². The molecule has 0 aliphatic rings. The van der Waals surface area contributed by atoms with Gasteiger partial charge >= 0.3 is 0 Å². The van der Waals surface area contributed by atoms with Gasteiger partial charge < -0.3 is 14.8 Å². The van der Waals surface area contributed by atoms with Crippen molar-refractivity contribution in [3.05, 3.63) is 99.4 Å². The Morgan fingerprint density at radius 2 is 1.85 bits per heavy atom. The van der Waals surface area contributed by atoms with Crippen molar-refractivity contribution in [1.29, 1.82) is 5.26 Å². The number of hydrogen-bond donors (Lipinski definition) is 1. The Bertz CT molecular complexity index is 1500. The number of pyridine rings is 1. The molecule has 9 heteroatoms. The molecule has 0 saturated carbocycles. The number of nitrogens with one attached hydrogen (secondary N) is 1. The first-order valence-electron chi connectivity index (χ1n) is 10.0. The normalized spacial score (nSPS) is 11.0. The Labute approximate surface area is 199 Å². The van der Waals surface area contributed by atoms with Crippen molar-refractivity contribution in [1.82, 2.24) is 9.38 Å². The lowest BCUT2D eigenvalue weighted by atomic mass is 10.1. The zero-order valence-corrected chi connectivity index (χ0v) is 18.6. The zero-order valence-electron chi connectivity index (χ0n) is 17.9. The highest BCUT2D eigenvalue weighted by Gasteiger charge is 2.18. The van der Waals surface area contributed by atoms with Gasteiger partial charge in [0.2, 0.25) is 5.88 Å². The van der Waals surface area contributed by atoms with Gasteiger partial charge in [-0.05, 0) is 54.6 Å². The molecule has 1 amide bonds. The Hall–Kier alpha value is -4.61. The first-order chi connectivity index (χ1) is 16.5. The molecule has 0 aliphatic heterocycles. The second-order valence-corrected chi connectivity index (χ2v) is 7.38. The third-order valence-electron chi connectivity index (χ3n) is 4.77. The first-order valence-corrected chi connectivity index (χ1v) is 10.4. The minimum Gasteiger partial charge on any atom is -0.495 e. The third-order valence-corrected chi connectivity index (χ3v) is 5.02. The van der Waals surface area contributed by atoms with Crippen molar-refractivity contribution in [2.24, 2.45) is 0 Å². The Morgan fingerprint density at radius 3 is 2.59 bits per heavy atom. The number of fused-ring (bicyclic) bond motifs is 1. The summed E-state index contributed by atoms with van der Waals surface area (Å²) in [6.07, 6.45) is 2.69. The van der Waals surface area contributed by atoms with Gasteiger partial charge in [0.15, 0.2) is 0 Å². The number of hydrogen-bond acceptors (Lipinski definition) is 6. The van der Waals surface area contributed by atoms with E-state index in [2.05, 4.69) is 10.3 Å². The van der Waals surface area contributed by atoms with Crippen molar-refractivity contribution in [3.8, 4) is 23.4 Å². The summed E-state index contributed by atoms with van der Waals surface area (Å²) in [5.41, 5.74) is -0.174. The van der Waals surface area contributed by atoms with Gasteiger partial charge in [-0.15, -0.1) is 0 Å². The fraction of sp³-hybridized carbons (Fsp3) is 0.0400. The van der Waals surface area contributed by atoms with Gasteiger partial charge in [0.05, 0.1) is 12.8 Å². The minimum absolute atomic E-state index is 0.0589. The van der Waals surface area contributed by atoms with Gasteiger partial charge in [-0.2, -0.15) is 10.2 Å². The van der Waals surface area contributed by atoms with E-state index < -0.39 is 11.5 Å². The zero-order chi connectivity index (χ0) is 24.1. The number of para-hydroxylation sites is 2. The molecule has 2 aromatic heterocycles. The van der Waals surface area contributed by atoms with Gasteiger partial charge in [0, 0.05) is 11.2 Å². The number of carbonyl (C=O) groups excluding carboxylic acids is 1. The van der Waals surface area contributed by atoms with Crippen molar-refractivity contribution in [3.63, 3.8) is 0 Å². The average molecular weight is 473 g/mol. The highest BCUT2D eigenvalue weighted by Crippen LogP contribution is 2.26. The standard InChI is InChI=1S/C25H17ClN4O4/c1-33-21-7-3-2-6-20(21)28-23(31)16(15-27)14-19-24(34-18-11-9-17(26)10-12-18)29-22-8-4-5-13-30(22)25(19)32/h2-14H,1H3,(H,28,31)/b16-14+. The topological polar surface area (TPSA) is 106 Å². The summed E-state index contributed by atoms with van der Waals surface area (Å²) in [7, 11) is 1.47. The van der Waals surface area contributed by atoms with Crippen LogP contribution in [0, 0.1) is 11.3 Å². The van der Waals surface area contributed by atoms with Crippen LogP contribution < -0.4 is 20.3 Å². The van der Waals surface area contributed by atoms with Crippen LogP contribution in [0.1, 0.15) is 5.56 Å². The van der Waals surface area contributed by atoms with Crippen LogP contribution in [0.5, 0.6) is 17.4 Å². The molecule has 1 N–H and O–H groups in total. The maximum absolute atomic E-state index is 13.2. The highest BCUT2D eigenvalue weighted by atomic mass is 35.5. The summed E-state index contributed by atoms with van der Waals surface area (Å²) in [6, 6.07) is 20.1. The predicted octanol–water partition coefficient (Wildman–Crippen LogP) is 4.69. The molecule has 4 rings (SSSR count). The van der Waals surface area contributed by atoms with Crippen LogP contribution in [0.15, 0.2) is 83.3 Å². The lowest BCUT2D eigenvalue weighted by Gasteiger charge is -2.11. The van der Waals surface area contributed by atoms with Crippen LogP contribution in [0.25, 0.3) is 11.7 Å². The Kier molecular flexibility index (Phi) is 6.57. The first kappa shape index (κ1) is 22.6. The molecular weight excluding hydrogens is 456 g/mol. The van der Waals surface area contributed by atoms with Crippen molar-refractivity contribution in [2.75, 3.05) is 12.4 Å². The number of nitriles is 1. The highest BCUT2D eigenvalue weighted by molar-refractivity contribution is 6.30. The molecule has 8 nitrogen and oxygen atoms in total. The lowest BCUT2D eigenvalue weighted by Crippen LogP contribution is -2.20. The molecule has 4 aromatic rings. The second-order valence-electron chi connectivity index (χ2n) is 6.94. The van der Waals surface area contributed by atoms with Crippen LogP contribution in [0.4, 0.5) is 5.69 Å². The molecule has 0 saturated heterocycles. The largest absolute Gasteiger partial charge is 0.495 e. The monoisotopic (exact) mass is 472 g/mol. The molecule has 34 heavy (non-hydrogen) atoms. The number of ether oxygens (including phenoxy) is 2. The minimum atomic E-state index is -0.720. The van der Waals surface area contributed by atoms with E-state index in [4.69, 9.17) is 21.1 Å². The molecule has 0 spiro atoms. The molecule has 0 aliphatic carbocycles. The number of carbonyl (C=O) groups is 1. The van der Waals surface area contributed by atoms with Crippen molar-refractivity contribution < 1.29 is 14.3 Å². The summed E-state index contributed by atoms with van der Waals surface area (Å²) >= 11 is 5.94. The molecule has 0 radical (unpaired) electrons. The summed E-state index contributed by atoms with van der Waals surface area (Å²) < 4.78 is 12.4. The maximum Gasteiger partial charge on any atom is 0.269 e. The Morgan fingerprint density at radius 1 is 1.12 bits per heavy atom. The van der Waals surface area contributed by atoms with Crippen LogP contribution in [0.3, 0.4) is 0 Å². The van der Waals surface area contributed by atoms with E-state index in [0.29, 0.717) is 27.9 Å². The van der Waals surface area contributed by atoms with Gasteiger partial charge in [-0.3, -0.25) is 14.0 Å². The number of amides is 1. The molecule has 0 bridgehead atoms. The van der Waals surface area contributed by atoms with Gasteiger partial charge in [-0.25, -0.2) is 0 Å². The van der Waals surface area contributed by atoms with E-state index in [1.54, 1.807) is 66.7 Å². The fourth-order valence-corrected chi connectivity index (χ4v) is 3.25. The predicted molar refractivity (Wildman–Crippen MR) is 128 cm³/mol. The molecule has 0 atom stereocenters. The number of rotatable bonds is 6. The summed E-state index contributed by atoms with van der Waals surface area (Å²) in [5, 5.41) is 12.8. The number of methoxy groups -OCH3 is 1. The van der Waals surface area contributed by atoms with Crippen LogP contribution in [-0.4, -0.2) is 22.4 Å². The number of aromatic nitrogens is 2. The fourth-order valence-electron chi connectivity index (χ4n) is 3.13.